The van der Waals surface area contributed by atoms with Crippen LogP contribution in [0, 0.1) is 0 Å². The van der Waals surface area contributed by atoms with Crippen molar-refractivity contribution in [3.8, 4) is 22.8 Å². The summed E-state index contributed by atoms with van der Waals surface area (Å²) in [6.45, 7) is 0. The zero-order chi connectivity index (χ0) is 19.2. The monoisotopic (exact) mass is 428 g/mol. The molecule has 0 unspecified atom stereocenters. The molecule has 7 nitrogen and oxygen atoms in total. The Bertz CT molecular complexity index is 967. The average molecular weight is 429 g/mol. The van der Waals surface area contributed by atoms with Crippen LogP contribution in [0.2, 0.25) is 0 Å². The van der Waals surface area contributed by atoms with E-state index in [0.29, 0.717) is 17.1 Å². The topological polar surface area (TPSA) is 88.6 Å². The van der Waals surface area contributed by atoms with E-state index in [1.807, 2.05) is 18.2 Å². The summed E-state index contributed by atoms with van der Waals surface area (Å²) in [5, 5.41) is 11.0. The van der Waals surface area contributed by atoms with E-state index in [9.17, 15) is 4.79 Å². The van der Waals surface area contributed by atoms with Crippen LogP contribution in [0.15, 0.2) is 58.2 Å². The SMILES string of the molecule is COc1ccc(-c2[nH]ncc2C=NNC(=O)c2ccc(Br)cc2)cc1OC. The Morgan fingerprint density at radius 1 is 1.15 bits per heavy atom. The van der Waals surface area contributed by atoms with Crippen molar-refractivity contribution in [2.24, 2.45) is 5.10 Å². The summed E-state index contributed by atoms with van der Waals surface area (Å²) in [5.74, 6) is 0.948. The van der Waals surface area contributed by atoms with Crippen molar-refractivity contribution in [3.05, 3.63) is 64.3 Å². The number of nitrogens with zero attached hydrogens (tertiary/aromatic N) is 2. The first-order chi connectivity index (χ1) is 13.1. The fourth-order valence-electron chi connectivity index (χ4n) is 2.44. The Morgan fingerprint density at radius 2 is 1.89 bits per heavy atom. The second-order valence-electron chi connectivity index (χ2n) is 5.48. The molecule has 2 aromatic carbocycles. The maximum absolute atomic E-state index is 12.1. The summed E-state index contributed by atoms with van der Waals surface area (Å²) in [7, 11) is 3.16. The van der Waals surface area contributed by atoms with Gasteiger partial charge in [0.2, 0.25) is 0 Å². The van der Waals surface area contributed by atoms with E-state index in [0.717, 1.165) is 21.3 Å². The van der Waals surface area contributed by atoms with Gasteiger partial charge in [-0.3, -0.25) is 9.89 Å². The molecule has 0 radical (unpaired) electrons. The van der Waals surface area contributed by atoms with Crippen molar-refractivity contribution in [2.75, 3.05) is 14.2 Å². The Kier molecular flexibility index (Phi) is 5.87. The smallest absolute Gasteiger partial charge is 0.271 e. The number of benzene rings is 2. The highest BCUT2D eigenvalue weighted by Crippen LogP contribution is 2.32. The van der Waals surface area contributed by atoms with E-state index >= 15 is 0 Å². The molecular weight excluding hydrogens is 412 g/mol. The van der Waals surface area contributed by atoms with Gasteiger partial charge in [0, 0.05) is 21.2 Å². The molecule has 0 atom stereocenters. The molecule has 0 aliphatic carbocycles. The summed E-state index contributed by atoms with van der Waals surface area (Å²) in [4.78, 5) is 12.1. The summed E-state index contributed by atoms with van der Waals surface area (Å²) < 4.78 is 11.5. The molecule has 1 heterocycles. The van der Waals surface area contributed by atoms with Crippen LogP contribution in [0.5, 0.6) is 11.5 Å². The molecule has 3 rings (SSSR count). The number of hydrazone groups is 1. The third-order valence-corrected chi connectivity index (χ3v) is 4.35. The van der Waals surface area contributed by atoms with Crippen molar-refractivity contribution in [2.45, 2.75) is 0 Å². The predicted molar refractivity (Wildman–Crippen MR) is 106 cm³/mol. The lowest BCUT2D eigenvalue weighted by Crippen LogP contribution is -2.17. The van der Waals surface area contributed by atoms with Crippen molar-refractivity contribution >= 4 is 28.1 Å². The van der Waals surface area contributed by atoms with Gasteiger partial charge in [-0.1, -0.05) is 15.9 Å². The van der Waals surface area contributed by atoms with Gasteiger partial charge in [0.1, 0.15) is 0 Å². The summed E-state index contributed by atoms with van der Waals surface area (Å²) in [6, 6.07) is 12.5. The number of H-pyrrole nitrogens is 1. The third kappa shape index (κ3) is 4.35. The Morgan fingerprint density at radius 3 is 2.59 bits per heavy atom. The number of carbonyl (C=O) groups is 1. The lowest BCUT2D eigenvalue weighted by Gasteiger charge is -2.09. The number of halogens is 1. The maximum Gasteiger partial charge on any atom is 0.271 e. The highest BCUT2D eigenvalue weighted by molar-refractivity contribution is 9.10. The number of carbonyl (C=O) groups excluding carboxylic acids is 1. The minimum absolute atomic E-state index is 0.296. The molecule has 0 fully saturated rings. The molecule has 27 heavy (non-hydrogen) atoms. The van der Waals surface area contributed by atoms with E-state index < -0.39 is 0 Å². The van der Waals surface area contributed by atoms with Crippen LogP contribution in [0.3, 0.4) is 0 Å². The van der Waals surface area contributed by atoms with Crippen molar-refractivity contribution in [1.29, 1.82) is 0 Å². The Hall–Kier alpha value is -3.13. The number of methoxy groups -OCH3 is 2. The molecule has 138 valence electrons. The fraction of sp³-hybridized carbons (Fsp3) is 0.105. The minimum Gasteiger partial charge on any atom is -0.493 e. The van der Waals surface area contributed by atoms with Crippen LogP contribution in [-0.4, -0.2) is 36.5 Å². The van der Waals surface area contributed by atoms with Gasteiger partial charge in [0.05, 0.1) is 32.3 Å². The van der Waals surface area contributed by atoms with Crippen molar-refractivity contribution in [3.63, 3.8) is 0 Å². The standard InChI is InChI=1S/C19H17BrN4O3/c1-26-16-8-5-13(9-17(16)27-2)18-14(10-21-23-18)11-22-24-19(25)12-3-6-15(20)7-4-12/h3-11H,1-2H3,(H,21,23)(H,24,25). The van der Waals surface area contributed by atoms with Gasteiger partial charge >= 0.3 is 0 Å². The van der Waals surface area contributed by atoms with Crippen LogP contribution < -0.4 is 14.9 Å². The number of hydrogen-bond donors (Lipinski definition) is 2. The highest BCUT2D eigenvalue weighted by atomic mass is 79.9. The summed E-state index contributed by atoms with van der Waals surface area (Å²) in [6.07, 6.45) is 3.16. The lowest BCUT2D eigenvalue weighted by molar-refractivity contribution is 0.0955. The van der Waals surface area contributed by atoms with Gasteiger partial charge in [0.15, 0.2) is 11.5 Å². The average Bonchev–Trinajstić information content (AvgIpc) is 3.16. The normalized spacial score (nSPS) is 10.8. The molecule has 8 heteroatoms. The van der Waals surface area contributed by atoms with Crippen LogP contribution in [0.4, 0.5) is 0 Å². The first-order valence-corrected chi connectivity index (χ1v) is 8.76. The number of aromatic nitrogens is 2. The number of nitrogens with one attached hydrogen (secondary N) is 2. The largest absolute Gasteiger partial charge is 0.493 e. The molecule has 1 aromatic heterocycles. The molecule has 0 saturated carbocycles. The molecule has 0 bridgehead atoms. The van der Waals surface area contributed by atoms with Gasteiger partial charge < -0.3 is 9.47 Å². The lowest BCUT2D eigenvalue weighted by atomic mass is 10.1. The van der Waals surface area contributed by atoms with E-state index in [-0.39, 0.29) is 5.91 Å². The summed E-state index contributed by atoms with van der Waals surface area (Å²) in [5.41, 5.74) is 5.34. The molecule has 3 aromatic rings. The molecule has 0 saturated heterocycles. The molecule has 1 amide bonds. The number of rotatable bonds is 6. The first-order valence-electron chi connectivity index (χ1n) is 7.97. The van der Waals surface area contributed by atoms with Gasteiger partial charge in [-0.2, -0.15) is 10.2 Å². The highest BCUT2D eigenvalue weighted by Gasteiger charge is 2.11. The van der Waals surface area contributed by atoms with Crippen molar-refractivity contribution in [1.82, 2.24) is 15.6 Å². The van der Waals surface area contributed by atoms with Gasteiger partial charge in [-0.15, -0.1) is 0 Å². The number of ether oxygens (including phenoxy) is 2. The van der Waals surface area contributed by atoms with Crippen LogP contribution >= 0.6 is 15.9 Å². The zero-order valence-corrected chi connectivity index (χ0v) is 16.3. The van der Waals surface area contributed by atoms with Gasteiger partial charge in [-0.05, 0) is 42.5 Å². The first kappa shape index (κ1) is 18.7. The van der Waals surface area contributed by atoms with E-state index in [1.54, 1.807) is 44.7 Å². The third-order valence-electron chi connectivity index (χ3n) is 3.82. The Balaban J connectivity index is 1.76. The maximum atomic E-state index is 12.1. The van der Waals surface area contributed by atoms with Gasteiger partial charge in [0.25, 0.3) is 5.91 Å². The molecule has 2 N–H and O–H groups in total. The summed E-state index contributed by atoms with van der Waals surface area (Å²) >= 11 is 3.33. The Labute approximate surface area is 164 Å². The minimum atomic E-state index is -0.296. The van der Waals surface area contributed by atoms with E-state index in [1.165, 1.54) is 6.21 Å². The fourth-order valence-corrected chi connectivity index (χ4v) is 2.71. The molecule has 0 aliphatic heterocycles. The van der Waals surface area contributed by atoms with Crippen LogP contribution in [0.25, 0.3) is 11.3 Å². The molecular formula is C19H17BrN4O3. The molecule has 0 spiro atoms. The zero-order valence-electron chi connectivity index (χ0n) is 14.7. The predicted octanol–water partition coefficient (Wildman–Crippen LogP) is 3.62. The van der Waals surface area contributed by atoms with Gasteiger partial charge in [-0.25, -0.2) is 5.43 Å². The number of aromatic amines is 1. The second kappa shape index (κ2) is 8.50. The van der Waals surface area contributed by atoms with Crippen LogP contribution in [0.1, 0.15) is 15.9 Å². The number of amides is 1. The quantitative estimate of drug-likeness (QED) is 0.463. The second-order valence-corrected chi connectivity index (χ2v) is 6.39. The van der Waals surface area contributed by atoms with E-state index in [4.69, 9.17) is 9.47 Å². The molecule has 0 aliphatic rings. The van der Waals surface area contributed by atoms with Crippen LogP contribution in [-0.2, 0) is 0 Å². The van der Waals surface area contributed by atoms with Crippen molar-refractivity contribution < 1.29 is 14.3 Å². The number of hydrogen-bond acceptors (Lipinski definition) is 5. The van der Waals surface area contributed by atoms with E-state index in [2.05, 4.69) is 36.7 Å².